The van der Waals surface area contributed by atoms with Crippen molar-refractivity contribution in [2.45, 2.75) is 13.8 Å². The van der Waals surface area contributed by atoms with E-state index in [0.717, 1.165) is 16.8 Å². The summed E-state index contributed by atoms with van der Waals surface area (Å²) in [6, 6.07) is 3.67. The minimum Gasteiger partial charge on any atom is -0.377 e. The first-order valence-corrected chi connectivity index (χ1v) is 4.18. The van der Waals surface area contributed by atoms with E-state index in [4.69, 9.17) is 0 Å². The zero-order valence-corrected chi connectivity index (χ0v) is 8.46. The molecule has 0 fully saturated rings. The van der Waals surface area contributed by atoms with Gasteiger partial charge < -0.3 is 4.90 Å². The maximum Gasteiger partial charge on any atom is 0.111 e. The molecule has 0 amide bonds. The largest absolute Gasteiger partial charge is 0.377 e. The third-order valence-electron chi connectivity index (χ3n) is 2.31. The quantitative estimate of drug-likeness (QED) is 0.652. The monoisotopic (exact) mass is 178 g/mol. The fourth-order valence-electron chi connectivity index (χ4n) is 1.38. The summed E-state index contributed by atoms with van der Waals surface area (Å²) in [6.07, 6.45) is 0. The maximum absolute atomic E-state index is 10.4. The molecule has 0 saturated carbocycles. The van der Waals surface area contributed by atoms with Crippen molar-refractivity contribution in [3.05, 3.63) is 28.2 Å². The van der Waals surface area contributed by atoms with Crippen LogP contribution in [0.3, 0.4) is 0 Å². The molecule has 0 N–H and O–H groups in total. The molecule has 0 aliphatic heterocycles. The molecule has 0 spiro atoms. The smallest absolute Gasteiger partial charge is 0.111 e. The average molecular weight is 178 g/mol. The Labute approximate surface area is 78.3 Å². The Hall–Kier alpha value is -1.38. The van der Waals surface area contributed by atoms with E-state index in [9.17, 15) is 4.91 Å². The number of nitrogens with zero attached hydrogens (tertiary/aromatic N) is 2. The Kier molecular flexibility index (Phi) is 2.66. The molecule has 1 rings (SSSR count). The van der Waals surface area contributed by atoms with Gasteiger partial charge in [-0.2, -0.15) is 0 Å². The van der Waals surface area contributed by atoms with Crippen LogP contribution in [0.1, 0.15) is 11.1 Å². The molecular formula is C10H14N2O. The van der Waals surface area contributed by atoms with E-state index in [1.807, 2.05) is 38.9 Å². The van der Waals surface area contributed by atoms with Gasteiger partial charge in [-0.25, -0.2) is 0 Å². The van der Waals surface area contributed by atoms with E-state index in [1.165, 1.54) is 0 Å². The van der Waals surface area contributed by atoms with Gasteiger partial charge in [-0.3, -0.25) is 0 Å². The van der Waals surface area contributed by atoms with Gasteiger partial charge in [-0.05, 0) is 42.3 Å². The van der Waals surface area contributed by atoms with Crippen molar-refractivity contribution in [2.75, 3.05) is 19.0 Å². The Bertz CT molecular complexity index is 332. The number of hydrogen-bond donors (Lipinski definition) is 0. The molecule has 0 aliphatic carbocycles. The van der Waals surface area contributed by atoms with Gasteiger partial charge >= 0.3 is 0 Å². The first-order chi connectivity index (χ1) is 6.07. The highest BCUT2D eigenvalue weighted by atomic mass is 16.3. The Morgan fingerprint density at radius 2 is 1.77 bits per heavy atom. The highest BCUT2D eigenvalue weighted by molar-refractivity contribution is 5.63. The normalized spacial score (nSPS) is 9.85. The Balaban J connectivity index is 3.31. The van der Waals surface area contributed by atoms with Crippen LogP contribution in [0.4, 0.5) is 11.4 Å². The Morgan fingerprint density at radius 3 is 2.23 bits per heavy atom. The number of hydrogen-bond acceptors (Lipinski definition) is 3. The lowest BCUT2D eigenvalue weighted by molar-refractivity contribution is 1.10. The van der Waals surface area contributed by atoms with Crippen LogP contribution >= 0.6 is 0 Å². The summed E-state index contributed by atoms with van der Waals surface area (Å²) in [5.74, 6) is 0. The summed E-state index contributed by atoms with van der Waals surface area (Å²) in [7, 11) is 3.96. The summed E-state index contributed by atoms with van der Waals surface area (Å²) in [5.41, 5.74) is 3.73. The first-order valence-electron chi connectivity index (χ1n) is 4.18. The van der Waals surface area contributed by atoms with Gasteiger partial charge in [0, 0.05) is 19.8 Å². The van der Waals surface area contributed by atoms with Gasteiger partial charge in [0.15, 0.2) is 0 Å². The number of benzene rings is 1. The molecule has 0 radical (unpaired) electrons. The summed E-state index contributed by atoms with van der Waals surface area (Å²) in [6.45, 7) is 3.92. The van der Waals surface area contributed by atoms with Crippen LogP contribution in [0.25, 0.3) is 0 Å². The molecule has 70 valence electrons. The van der Waals surface area contributed by atoms with E-state index < -0.39 is 0 Å². The van der Waals surface area contributed by atoms with Gasteiger partial charge in [0.25, 0.3) is 0 Å². The van der Waals surface area contributed by atoms with Crippen molar-refractivity contribution in [1.29, 1.82) is 0 Å². The Morgan fingerprint density at radius 1 is 1.15 bits per heavy atom. The van der Waals surface area contributed by atoms with Crippen LogP contribution in [-0.2, 0) is 0 Å². The molecule has 0 bridgehead atoms. The molecule has 0 heterocycles. The van der Waals surface area contributed by atoms with Crippen molar-refractivity contribution >= 4 is 11.4 Å². The van der Waals surface area contributed by atoms with Gasteiger partial charge in [0.2, 0.25) is 0 Å². The molecule has 3 nitrogen and oxygen atoms in total. The summed E-state index contributed by atoms with van der Waals surface area (Å²) < 4.78 is 0. The standard InChI is InChI=1S/C10H14N2O/c1-7-8(2)10(12(3)4)6-5-9(7)11-13/h5-6H,1-4H3. The molecule has 13 heavy (non-hydrogen) atoms. The first kappa shape index (κ1) is 9.71. The van der Waals surface area contributed by atoms with Crippen molar-refractivity contribution < 1.29 is 0 Å². The van der Waals surface area contributed by atoms with Crippen LogP contribution in [0.15, 0.2) is 17.3 Å². The lowest BCUT2D eigenvalue weighted by Gasteiger charge is -2.17. The molecule has 0 saturated heterocycles. The van der Waals surface area contributed by atoms with Crippen LogP contribution in [-0.4, -0.2) is 14.1 Å². The SMILES string of the molecule is Cc1c(N=O)ccc(N(C)C)c1C. The van der Waals surface area contributed by atoms with E-state index in [0.29, 0.717) is 5.69 Å². The fourth-order valence-corrected chi connectivity index (χ4v) is 1.38. The molecule has 0 atom stereocenters. The van der Waals surface area contributed by atoms with Crippen LogP contribution in [0, 0.1) is 18.8 Å². The minimum atomic E-state index is 0.531. The molecule has 1 aromatic rings. The van der Waals surface area contributed by atoms with Crippen LogP contribution in [0.5, 0.6) is 0 Å². The number of rotatable bonds is 2. The van der Waals surface area contributed by atoms with Crippen molar-refractivity contribution in [1.82, 2.24) is 0 Å². The van der Waals surface area contributed by atoms with Crippen molar-refractivity contribution in [3.8, 4) is 0 Å². The van der Waals surface area contributed by atoms with Gasteiger partial charge in [0.05, 0.1) is 0 Å². The zero-order valence-electron chi connectivity index (χ0n) is 8.46. The zero-order chi connectivity index (χ0) is 10.0. The number of anilines is 1. The maximum atomic E-state index is 10.4. The topological polar surface area (TPSA) is 32.7 Å². The summed E-state index contributed by atoms with van der Waals surface area (Å²) >= 11 is 0. The molecule has 0 aliphatic rings. The second kappa shape index (κ2) is 3.56. The summed E-state index contributed by atoms with van der Waals surface area (Å²) in [4.78, 5) is 12.4. The van der Waals surface area contributed by atoms with Gasteiger partial charge in [0.1, 0.15) is 5.69 Å². The van der Waals surface area contributed by atoms with Crippen molar-refractivity contribution in [3.63, 3.8) is 0 Å². The average Bonchev–Trinajstić information content (AvgIpc) is 2.09. The molecular weight excluding hydrogens is 164 g/mol. The van der Waals surface area contributed by atoms with Gasteiger partial charge in [-0.15, -0.1) is 4.91 Å². The van der Waals surface area contributed by atoms with E-state index in [-0.39, 0.29) is 0 Å². The molecule has 0 aromatic heterocycles. The lowest BCUT2D eigenvalue weighted by atomic mass is 10.1. The number of nitroso groups, excluding NO2 is 1. The third kappa shape index (κ3) is 1.69. The van der Waals surface area contributed by atoms with Crippen LogP contribution < -0.4 is 4.90 Å². The van der Waals surface area contributed by atoms with E-state index >= 15 is 0 Å². The van der Waals surface area contributed by atoms with E-state index in [1.54, 1.807) is 6.07 Å². The highest BCUT2D eigenvalue weighted by Gasteiger charge is 2.07. The predicted octanol–water partition coefficient (Wildman–Crippen LogP) is 2.77. The van der Waals surface area contributed by atoms with Crippen LogP contribution in [0.2, 0.25) is 0 Å². The van der Waals surface area contributed by atoms with Gasteiger partial charge in [-0.1, -0.05) is 0 Å². The minimum absolute atomic E-state index is 0.531. The molecule has 0 unspecified atom stereocenters. The predicted molar refractivity (Wildman–Crippen MR) is 55.7 cm³/mol. The molecule has 3 heteroatoms. The highest BCUT2D eigenvalue weighted by Crippen LogP contribution is 2.28. The second-order valence-corrected chi connectivity index (χ2v) is 3.34. The third-order valence-corrected chi connectivity index (χ3v) is 2.31. The fraction of sp³-hybridized carbons (Fsp3) is 0.400. The molecule has 1 aromatic carbocycles. The lowest BCUT2D eigenvalue weighted by Crippen LogP contribution is -2.10. The summed E-state index contributed by atoms with van der Waals surface area (Å²) in [5, 5.41) is 2.96. The second-order valence-electron chi connectivity index (χ2n) is 3.34. The van der Waals surface area contributed by atoms with E-state index in [2.05, 4.69) is 5.18 Å². The van der Waals surface area contributed by atoms with Crippen molar-refractivity contribution in [2.24, 2.45) is 5.18 Å².